The van der Waals surface area contributed by atoms with Gasteiger partial charge in [0, 0.05) is 6.61 Å². The van der Waals surface area contributed by atoms with Crippen molar-refractivity contribution in [1.82, 2.24) is 0 Å². The quantitative estimate of drug-likeness (QED) is 0.805. The molecule has 0 radical (unpaired) electrons. The predicted octanol–water partition coefficient (Wildman–Crippen LogP) is 4.11. The van der Waals surface area contributed by atoms with Crippen LogP contribution in [0.3, 0.4) is 0 Å². The Bertz CT molecular complexity index is 631. The maximum atomic E-state index is 9.81. The molecule has 2 nitrogen and oxygen atoms in total. The fourth-order valence-electron chi connectivity index (χ4n) is 4.32. The number of hydrogen-bond acceptors (Lipinski definition) is 2. The van der Waals surface area contributed by atoms with Gasteiger partial charge in [-0.15, -0.1) is 0 Å². The molecule has 0 unspecified atom stereocenters. The first-order chi connectivity index (χ1) is 12.4. The fraction of sp³-hybridized carbons (Fsp3) is 0.478. The van der Waals surface area contributed by atoms with Gasteiger partial charge in [0.05, 0.1) is 6.10 Å². The Kier molecular flexibility index (Phi) is 6.01. The molecule has 0 atom stereocenters. The molecule has 1 N–H and O–H groups in total. The number of aliphatic hydroxyl groups excluding tert-OH is 1. The molecule has 1 fully saturated rings. The minimum atomic E-state index is -2.41. The summed E-state index contributed by atoms with van der Waals surface area (Å²) in [4.78, 5) is 0. The molecular weight excluding hydrogens is 336 g/mol. The third-order valence-electron chi connectivity index (χ3n) is 5.77. The van der Waals surface area contributed by atoms with Crippen LogP contribution < -0.4 is 10.4 Å². The van der Waals surface area contributed by atoms with Crippen molar-refractivity contribution in [3.05, 3.63) is 60.7 Å². The Hall–Kier alpha value is -1.42. The summed E-state index contributed by atoms with van der Waals surface area (Å²) < 4.78 is 7.00. The van der Waals surface area contributed by atoms with Gasteiger partial charge < -0.3 is 9.53 Å². The second-order valence-corrected chi connectivity index (χ2v) is 13.0. The molecule has 0 spiro atoms. The van der Waals surface area contributed by atoms with E-state index in [2.05, 4.69) is 81.4 Å². The van der Waals surface area contributed by atoms with Crippen molar-refractivity contribution >= 4 is 18.7 Å². The summed E-state index contributed by atoms with van der Waals surface area (Å²) in [7, 11) is -2.41. The standard InChI is InChI=1S/C23H32O2Si/c1-23(2,3)26(21-10-6-4-7-11-21,22-12-8-5-9-13-22)25-18-19-14-16-20(24)17-15-19/h4-13,19-20,24H,14-18H2,1-3H3/t19-,20+. The van der Waals surface area contributed by atoms with Crippen LogP contribution in [0.5, 0.6) is 0 Å². The minimum Gasteiger partial charge on any atom is -0.407 e. The topological polar surface area (TPSA) is 29.5 Å². The average molecular weight is 369 g/mol. The highest BCUT2D eigenvalue weighted by atomic mass is 28.4. The Labute approximate surface area is 159 Å². The van der Waals surface area contributed by atoms with E-state index >= 15 is 0 Å². The van der Waals surface area contributed by atoms with E-state index in [0.717, 1.165) is 32.3 Å². The van der Waals surface area contributed by atoms with Gasteiger partial charge in [0.1, 0.15) is 0 Å². The van der Waals surface area contributed by atoms with Gasteiger partial charge in [-0.25, -0.2) is 0 Å². The van der Waals surface area contributed by atoms with Crippen LogP contribution in [0, 0.1) is 5.92 Å². The van der Waals surface area contributed by atoms with E-state index in [4.69, 9.17) is 4.43 Å². The lowest BCUT2D eigenvalue weighted by molar-refractivity contribution is 0.0899. The van der Waals surface area contributed by atoms with Crippen molar-refractivity contribution in [3.63, 3.8) is 0 Å². The zero-order valence-electron chi connectivity index (χ0n) is 16.3. The molecule has 26 heavy (non-hydrogen) atoms. The van der Waals surface area contributed by atoms with Crippen molar-refractivity contribution in [2.24, 2.45) is 5.92 Å². The van der Waals surface area contributed by atoms with E-state index in [1.54, 1.807) is 0 Å². The molecular formula is C23H32O2Si. The van der Waals surface area contributed by atoms with Gasteiger partial charge in [0.15, 0.2) is 0 Å². The number of hydrogen-bond donors (Lipinski definition) is 1. The van der Waals surface area contributed by atoms with Crippen LogP contribution in [-0.2, 0) is 4.43 Å². The largest absolute Gasteiger partial charge is 0.407 e. The first-order valence-electron chi connectivity index (χ1n) is 9.86. The summed E-state index contributed by atoms with van der Waals surface area (Å²) in [6, 6.07) is 21.7. The van der Waals surface area contributed by atoms with Crippen LogP contribution in [0.1, 0.15) is 46.5 Å². The molecule has 1 aliphatic rings. The fourth-order valence-corrected chi connectivity index (χ4v) is 8.96. The van der Waals surface area contributed by atoms with E-state index in [0.29, 0.717) is 5.92 Å². The highest BCUT2D eigenvalue weighted by Crippen LogP contribution is 2.37. The van der Waals surface area contributed by atoms with Gasteiger partial charge in [-0.1, -0.05) is 81.4 Å². The first kappa shape index (κ1) is 19.3. The Balaban J connectivity index is 1.97. The lowest BCUT2D eigenvalue weighted by Gasteiger charge is -2.44. The number of rotatable bonds is 5. The first-order valence-corrected chi connectivity index (χ1v) is 11.8. The molecule has 0 bridgehead atoms. The highest BCUT2D eigenvalue weighted by Gasteiger charge is 2.50. The van der Waals surface area contributed by atoms with Crippen LogP contribution in [0.25, 0.3) is 0 Å². The van der Waals surface area contributed by atoms with Crippen molar-refractivity contribution < 1.29 is 9.53 Å². The third-order valence-corrected chi connectivity index (χ3v) is 10.8. The molecule has 1 aliphatic carbocycles. The van der Waals surface area contributed by atoms with Crippen LogP contribution in [0.2, 0.25) is 5.04 Å². The monoisotopic (exact) mass is 368 g/mol. The normalized spacial score (nSPS) is 21.5. The molecule has 0 amide bonds. The molecule has 2 aromatic rings. The molecule has 0 aromatic heterocycles. The van der Waals surface area contributed by atoms with Crippen LogP contribution in [0.15, 0.2) is 60.7 Å². The predicted molar refractivity (Wildman–Crippen MR) is 112 cm³/mol. The zero-order valence-corrected chi connectivity index (χ0v) is 17.3. The minimum absolute atomic E-state index is 0.0316. The second-order valence-electron chi connectivity index (χ2n) is 8.65. The molecule has 2 aromatic carbocycles. The number of aliphatic hydroxyl groups is 1. The van der Waals surface area contributed by atoms with Gasteiger partial charge in [-0.3, -0.25) is 0 Å². The molecule has 0 aliphatic heterocycles. The van der Waals surface area contributed by atoms with Crippen molar-refractivity contribution in [2.75, 3.05) is 6.61 Å². The Morgan fingerprint density at radius 2 is 1.31 bits per heavy atom. The van der Waals surface area contributed by atoms with Crippen molar-refractivity contribution in [1.29, 1.82) is 0 Å². The molecule has 1 saturated carbocycles. The summed E-state index contributed by atoms with van der Waals surface area (Å²) in [6.45, 7) is 7.76. The summed E-state index contributed by atoms with van der Waals surface area (Å²) in [5.41, 5.74) is 0. The van der Waals surface area contributed by atoms with Crippen LogP contribution >= 0.6 is 0 Å². The van der Waals surface area contributed by atoms with Crippen molar-refractivity contribution in [3.8, 4) is 0 Å². The van der Waals surface area contributed by atoms with E-state index < -0.39 is 8.32 Å². The number of benzene rings is 2. The van der Waals surface area contributed by atoms with Gasteiger partial charge >= 0.3 is 0 Å². The van der Waals surface area contributed by atoms with E-state index in [-0.39, 0.29) is 11.1 Å². The zero-order chi connectivity index (χ0) is 18.6. The summed E-state index contributed by atoms with van der Waals surface area (Å²) in [6.07, 6.45) is 3.85. The third kappa shape index (κ3) is 3.95. The van der Waals surface area contributed by atoms with Gasteiger partial charge in [0.25, 0.3) is 8.32 Å². The Morgan fingerprint density at radius 3 is 1.73 bits per heavy atom. The smallest absolute Gasteiger partial charge is 0.261 e. The Morgan fingerprint density at radius 1 is 0.846 bits per heavy atom. The maximum absolute atomic E-state index is 9.81. The van der Waals surface area contributed by atoms with E-state index in [9.17, 15) is 5.11 Å². The lowest BCUT2D eigenvalue weighted by Crippen LogP contribution is -2.67. The maximum Gasteiger partial charge on any atom is 0.261 e. The van der Waals surface area contributed by atoms with Gasteiger partial charge in [-0.2, -0.15) is 0 Å². The molecule has 0 heterocycles. The molecule has 3 rings (SSSR count). The second kappa shape index (κ2) is 8.08. The summed E-state index contributed by atoms with van der Waals surface area (Å²) in [5, 5.41) is 12.5. The SMILES string of the molecule is CC(C)(C)[Si](OC[C@H]1CC[C@@H](O)CC1)(c1ccccc1)c1ccccc1. The van der Waals surface area contributed by atoms with E-state index in [1.807, 2.05) is 0 Å². The van der Waals surface area contributed by atoms with Gasteiger partial charge in [-0.05, 0) is 47.0 Å². The van der Waals surface area contributed by atoms with Crippen molar-refractivity contribution in [2.45, 2.75) is 57.6 Å². The summed E-state index contributed by atoms with van der Waals surface area (Å²) in [5.74, 6) is 0.556. The highest BCUT2D eigenvalue weighted by molar-refractivity contribution is 6.99. The summed E-state index contributed by atoms with van der Waals surface area (Å²) >= 11 is 0. The molecule has 0 saturated heterocycles. The molecule has 140 valence electrons. The van der Waals surface area contributed by atoms with Crippen LogP contribution in [0.4, 0.5) is 0 Å². The van der Waals surface area contributed by atoms with Crippen LogP contribution in [-0.4, -0.2) is 26.1 Å². The average Bonchev–Trinajstić information content (AvgIpc) is 2.64. The molecule has 3 heteroatoms. The lowest BCUT2D eigenvalue weighted by atomic mass is 9.88. The van der Waals surface area contributed by atoms with Gasteiger partial charge in [0.2, 0.25) is 0 Å². The van der Waals surface area contributed by atoms with E-state index in [1.165, 1.54) is 10.4 Å².